The molecule has 0 unspecified atom stereocenters. The van der Waals surface area contributed by atoms with Gasteiger partial charge in [0.1, 0.15) is 12.1 Å². The summed E-state index contributed by atoms with van der Waals surface area (Å²) in [6, 6.07) is 1.26. The smallest absolute Gasteiger partial charge is 0.320 e. The highest BCUT2D eigenvalue weighted by molar-refractivity contribution is 5.88. The third-order valence-electron chi connectivity index (χ3n) is 2.72. The number of carbonyl (C=O) groups excluding carboxylic acids is 1. The van der Waals surface area contributed by atoms with Gasteiger partial charge in [-0.05, 0) is 13.8 Å². The van der Waals surface area contributed by atoms with E-state index in [1.807, 2.05) is 20.9 Å². The van der Waals surface area contributed by atoms with Gasteiger partial charge in [0, 0.05) is 20.2 Å². The van der Waals surface area contributed by atoms with Crippen molar-refractivity contribution < 1.29 is 4.79 Å². The molecule has 19 heavy (non-hydrogen) atoms. The third kappa shape index (κ3) is 2.90. The topological polar surface area (TPSA) is 89.7 Å². The van der Waals surface area contributed by atoms with E-state index in [1.54, 1.807) is 28.7 Å². The van der Waals surface area contributed by atoms with E-state index in [0.717, 1.165) is 5.69 Å². The summed E-state index contributed by atoms with van der Waals surface area (Å²) >= 11 is 0. The van der Waals surface area contributed by atoms with E-state index < -0.39 is 0 Å². The Balaban J connectivity index is 1.98. The number of hydrogen-bond donors (Lipinski definition) is 2. The van der Waals surface area contributed by atoms with E-state index in [0.29, 0.717) is 11.6 Å². The van der Waals surface area contributed by atoms with Gasteiger partial charge in [-0.15, -0.1) is 10.2 Å². The Morgan fingerprint density at radius 1 is 1.42 bits per heavy atom. The van der Waals surface area contributed by atoms with Gasteiger partial charge < -0.3 is 9.88 Å². The van der Waals surface area contributed by atoms with Gasteiger partial charge in [0.05, 0.1) is 11.7 Å². The molecule has 0 aromatic carbocycles. The maximum atomic E-state index is 11.9. The number of aromatic nitrogens is 5. The second-order valence-corrected chi connectivity index (χ2v) is 4.41. The quantitative estimate of drug-likeness (QED) is 0.854. The summed E-state index contributed by atoms with van der Waals surface area (Å²) in [6.07, 6.45) is 1.59. The predicted molar refractivity (Wildman–Crippen MR) is 69.5 cm³/mol. The fraction of sp³-hybridized carbons (Fsp3) is 0.455. The van der Waals surface area contributed by atoms with Crippen LogP contribution in [0.2, 0.25) is 0 Å². The average molecular weight is 263 g/mol. The first kappa shape index (κ1) is 13.1. The summed E-state index contributed by atoms with van der Waals surface area (Å²) in [5.74, 6) is 1.33. The van der Waals surface area contributed by atoms with E-state index in [1.165, 1.54) is 0 Å². The Morgan fingerprint density at radius 3 is 2.68 bits per heavy atom. The second kappa shape index (κ2) is 5.09. The predicted octanol–water partition coefficient (Wildman–Crippen LogP) is 0.740. The molecule has 2 N–H and O–H groups in total. The molecule has 8 nitrogen and oxygen atoms in total. The lowest BCUT2D eigenvalue weighted by Gasteiger charge is -2.13. The summed E-state index contributed by atoms with van der Waals surface area (Å²) in [6.45, 7) is 3.71. The van der Waals surface area contributed by atoms with Crippen molar-refractivity contribution in [2.24, 2.45) is 14.1 Å². The van der Waals surface area contributed by atoms with Gasteiger partial charge in [-0.2, -0.15) is 5.10 Å². The number of rotatable bonds is 3. The van der Waals surface area contributed by atoms with Gasteiger partial charge in [0.15, 0.2) is 5.82 Å². The lowest BCUT2D eigenvalue weighted by molar-refractivity contribution is 0.248. The molecule has 2 aromatic rings. The fourth-order valence-corrected chi connectivity index (χ4v) is 1.83. The molecule has 0 saturated carbocycles. The number of amides is 2. The largest absolute Gasteiger partial charge is 0.328 e. The van der Waals surface area contributed by atoms with Crippen molar-refractivity contribution in [2.75, 3.05) is 5.32 Å². The Labute approximate surface area is 110 Å². The molecule has 102 valence electrons. The van der Waals surface area contributed by atoms with Crippen molar-refractivity contribution in [3.05, 3.63) is 23.9 Å². The summed E-state index contributed by atoms with van der Waals surface area (Å²) in [7, 11) is 3.60. The highest BCUT2D eigenvalue weighted by atomic mass is 16.2. The van der Waals surface area contributed by atoms with Crippen LogP contribution in [-0.4, -0.2) is 30.6 Å². The molecule has 0 fully saturated rings. The van der Waals surface area contributed by atoms with Gasteiger partial charge in [0.2, 0.25) is 0 Å². The first-order valence-corrected chi connectivity index (χ1v) is 5.89. The molecule has 0 spiro atoms. The zero-order chi connectivity index (χ0) is 14.0. The Morgan fingerprint density at radius 2 is 2.16 bits per heavy atom. The van der Waals surface area contributed by atoms with Crippen LogP contribution in [0.5, 0.6) is 0 Å². The van der Waals surface area contributed by atoms with E-state index in [9.17, 15) is 4.79 Å². The number of hydrogen-bond acceptors (Lipinski definition) is 4. The maximum absolute atomic E-state index is 11.9. The van der Waals surface area contributed by atoms with Crippen LogP contribution in [0.25, 0.3) is 0 Å². The number of carbonyl (C=O) groups is 1. The monoisotopic (exact) mass is 263 g/mol. The lowest BCUT2D eigenvalue weighted by atomic mass is 10.3. The molecular weight excluding hydrogens is 246 g/mol. The van der Waals surface area contributed by atoms with Crippen LogP contribution in [0.3, 0.4) is 0 Å². The maximum Gasteiger partial charge on any atom is 0.320 e. The van der Waals surface area contributed by atoms with Crippen LogP contribution in [0.15, 0.2) is 12.4 Å². The van der Waals surface area contributed by atoms with Crippen LogP contribution in [-0.2, 0) is 14.1 Å². The average Bonchev–Trinajstić information content (AvgIpc) is 2.85. The summed E-state index contributed by atoms with van der Waals surface area (Å²) in [4.78, 5) is 11.9. The Hall–Kier alpha value is -2.38. The van der Waals surface area contributed by atoms with E-state index in [-0.39, 0.29) is 12.1 Å². The highest BCUT2D eigenvalue weighted by Gasteiger charge is 2.15. The third-order valence-corrected chi connectivity index (χ3v) is 2.72. The van der Waals surface area contributed by atoms with E-state index >= 15 is 0 Å². The first-order chi connectivity index (χ1) is 8.97. The second-order valence-electron chi connectivity index (χ2n) is 4.41. The number of aryl methyl sites for hydroxylation is 3. The van der Waals surface area contributed by atoms with E-state index in [4.69, 9.17) is 0 Å². The number of nitrogens with one attached hydrogen (secondary N) is 2. The van der Waals surface area contributed by atoms with Crippen LogP contribution in [0, 0.1) is 6.92 Å². The molecule has 0 bridgehead atoms. The highest BCUT2D eigenvalue weighted by Crippen LogP contribution is 2.10. The van der Waals surface area contributed by atoms with Crippen molar-refractivity contribution >= 4 is 11.8 Å². The van der Waals surface area contributed by atoms with Gasteiger partial charge >= 0.3 is 6.03 Å². The minimum Gasteiger partial charge on any atom is -0.328 e. The van der Waals surface area contributed by atoms with Crippen molar-refractivity contribution in [1.29, 1.82) is 0 Å². The zero-order valence-corrected chi connectivity index (χ0v) is 11.4. The summed E-state index contributed by atoms with van der Waals surface area (Å²) < 4.78 is 3.38. The molecule has 2 aromatic heterocycles. The molecule has 0 aliphatic carbocycles. The normalized spacial score (nSPS) is 12.2. The van der Waals surface area contributed by atoms with Crippen LogP contribution >= 0.6 is 0 Å². The van der Waals surface area contributed by atoms with Crippen molar-refractivity contribution in [3.8, 4) is 0 Å². The summed E-state index contributed by atoms with van der Waals surface area (Å²) in [5, 5.41) is 17.4. The number of anilines is 1. The minimum atomic E-state index is -0.307. The fourth-order valence-electron chi connectivity index (χ4n) is 1.83. The van der Waals surface area contributed by atoms with Gasteiger partial charge in [0.25, 0.3) is 0 Å². The lowest BCUT2D eigenvalue weighted by Crippen LogP contribution is -2.33. The van der Waals surface area contributed by atoms with Gasteiger partial charge in [-0.1, -0.05) is 0 Å². The van der Waals surface area contributed by atoms with Gasteiger partial charge in [-0.25, -0.2) is 4.79 Å². The molecule has 2 rings (SSSR count). The Bertz CT molecular complexity index is 586. The van der Waals surface area contributed by atoms with Crippen molar-refractivity contribution in [2.45, 2.75) is 19.9 Å². The molecule has 0 aliphatic rings. The molecule has 2 amide bonds. The first-order valence-electron chi connectivity index (χ1n) is 5.89. The minimum absolute atomic E-state index is 0.234. The van der Waals surface area contributed by atoms with Crippen LogP contribution in [0.4, 0.5) is 10.6 Å². The zero-order valence-electron chi connectivity index (χ0n) is 11.4. The SMILES string of the molecule is Cc1cc(NC(=O)N[C@@H](C)c2nncn2C)n(C)n1. The number of nitrogens with zero attached hydrogens (tertiary/aromatic N) is 5. The molecule has 2 heterocycles. The number of urea groups is 1. The molecular formula is C11H17N7O. The molecule has 8 heteroatoms. The van der Waals surface area contributed by atoms with Crippen LogP contribution < -0.4 is 10.6 Å². The molecule has 0 aliphatic heterocycles. The van der Waals surface area contributed by atoms with Crippen molar-refractivity contribution in [1.82, 2.24) is 29.9 Å². The molecule has 0 saturated heterocycles. The molecule has 1 atom stereocenters. The van der Waals surface area contributed by atoms with E-state index in [2.05, 4.69) is 25.9 Å². The van der Waals surface area contributed by atoms with Gasteiger partial charge in [-0.3, -0.25) is 10.00 Å². The van der Waals surface area contributed by atoms with Crippen LogP contribution in [0.1, 0.15) is 24.5 Å². The summed E-state index contributed by atoms with van der Waals surface area (Å²) in [5.41, 5.74) is 0.846. The molecule has 0 radical (unpaired) electrons. The van der Waals surface area contributed by atoms with Crippen molar-refractivity contribution in [3.63, 3.8) is 0 Å². The standard InChI is InChI=1S/C11H17N7O/c1-7-5-9(18(4)16-7)14-11(19)13-8(2)10-15-12-6-17(10)3/h5-6,8H,1-4H3,(H2,13,14,19)/t8-/m0/s1. The Kier molecular flexibility index (Phi) is 3.50.